The first-order valence-electron chi connectivity index (χ1n) is 6.90. The second-order valence-electron chi connectivity index (χ2n) is 5.43. The highest BCUT2D eigenvalue weighted by Gasteiger charge is 2.39. The normalized spacial score (nSPS) is 26.4. The van der Waals surface area contributed by atoms with Gasteiger partial charge in [-0.15, -0.1) is 0 Å². The molecule has 0 radical (unpaired) electrons. The number of fused-ring (bicyclic) bond motifs is 1. The maximum Gasteiger partial charge on any atom is 0.105 e. The van der Waals surface area contributed by atoms with Gasteiger partial charge in [0.05, 0.1) is 11.1 Å². The highest BCUT2D eigenvalue weighted by Crippen LogP contribution is 2.28. The van der Waals surface area contributed by atoms with E-state index in [0.717, 1.165) is 21.6 Å². The van der Waals surface area contributed by atoms with Crippen molar-refractivity contribution in [3.8, 4) is 0 Å². The van der Waals surface area contributed by atoms with Crippen LogP contribution in [0.3, 0.4) is 0 Å². The smallest absolute Gasteiger partial charge is 0.105 e. The van der Waals surface area contributed by atoms with Crippen LogP contribution in [0.4, 0.5) is 0 Å². The number of halogens is 1. The number of para-hydroxylation sites is 1. The van der Waals surface area contributed by atoms with Crippen LogP contribution in [0.15, 0.2) is 24.3 Å². The number of hydrogen-bond donors (Lipinski definition) is 3. The first-order valence-corrected chi connectivity index (χ1v) is 7.28. The summed E-state index contributed by atoms with van der Waals surface area (Å²) in [5.74, 6) is 0. The van der Waals surface area contributed by atoms with Crippen molar-refractivity contribution in [3.05, 3.63) is 35.0 Å². The van der Waals surface area contributed by atoms with Gasteiger partial charge in [0.25, 0.3) is 0 Å². The molecule has 2 aromatic rings. The molecule has 3 N–H and O–H groups in total. The quantitative estimate of drug-likeness (QED) is 0.812. The van der Waals surface area contributed by atoms with Crippen LogP contribution < -0.4 is 5.32 Å². The lowest BCUT2D eigenvalue weighted by molar-refractivity contribution is -0.0263. The Hall–Kier alpha value is -1.07. The number of rotatable bonds is 4. The van der Waals surface area contributed by atoms with Crippen LogP contribution in [0.2, 0.25) is 5.02 Å². The van der Waals surface area contributed by atoms with E-state index < -0.39 is 5.60 Å². The average Bonchev–Trinajstić information content (AvgIpc) is 2.93. The van der Waals surface area contributed by atoms with Gasteiger partial charge >= 0.3 is 0 Å². The first-order chi connectivity index (χ1) is 9.60. The molecule has 1 saturated heterocycles. The Morgan fingerprint density at radius 1 is 1.50 bits per heavy atom. The van der Waals surface area contributed by atoms with Gasteiger partial charge in [0.1, 0.15) is 5.60 Å². The van der Waals surface area contributed by atoms with Crippen molar-refractivity contribution < 1.29 is 9.84 Å². The van der Waals surface area contributed by atoms with Crippen LogP contribution in [0, 0.1) is 0 Å². The predicted molar refractivity (Wildman–Crippen MR) is 80.0 cm³/mol. The van der Waals surface area contributed by atoms with Gasteiger partial charge in [-0.05, 0) is 13.0 Å². The Labute approximate surface area is 123 Å². The number of H-pyrrole nitrogens is 1. The number of nitrogens with one attached hydrogen (secondary N) is 2. The molecular weight excluding hydrogens is 276 g/mol. The number of benzene rings is 1. The SMILES string of the molecule is CC1OCCC1(O)CNCc1[nH]c2ccccc2c1Cl. The van der Waals surface area contributed by atoms with Crippen molar-refractivity contribution >= 4 is 22.5 Å². The first kappa shape index (κ1) is 13.9. The number of ether oxygens (including phenoxy) is 1. The van der Waals surface area contributed by atoms with E-state index >= 15 is 0 Å². The van der Waals surface area contributed by atoms with E-state index in [1.807, 2.05) is 31.2 Å². The third kappa shape index (κ3) is 2.44. The van der Waals surface area contributed by atoms with Gasteiger partial charge in [0, 0.05) is 42.7 Å². The van der Waals surface area contributed by atoms with Crippen LogP contribution >= 0.6 is 11.6 Å². The molecule has 3 rings (SSSR count). The van der Waals surface area contributed by atoms with Crippen molar-refractivity contribution in [2.75, 3.05) is 13.2 Å². The molecule has 0 spiro atoms. The van der Waals surface area contributed by atoms with E-state index in [4.69, 9.17) is 16.3 Å². The highest BCUT2D eigenvalue weighted by molar-refractivity contribution is 6.36. The summed E-state index contributed by atoms with van der Waals surface area (Å²) in [5.41, 5.74) is 1.20. The highest BCUT2D eigenvalue weighted by atomic mass is 35.5. The molecule has 1 fully saturated rings. The molecule has 0 bridgehead atoms. The lowest BCUT2D eigenvalue weighted by Crippen LogP contribution is -2.45. The summed E-state index contributed by atoms with van der Waals surface area (Å²) in [7, 11) is 0. The van der Waals surface area contributed by atoms with Gasteiger partial charge in [0.2, 0.25) is 0 Å². The molecule has 0 aliphatic carbocycles. The molecule has 20 heavy (non-hydrogen) atoms. The molecule has 2 heterocycles. The van der Waals surface area contributed by atoms with E-state index in [1.165, 1.54) is 0 Å². The van der Waals surface area contributed by atoms with Crippen LogP contribution in [0.1, 0.15) is 19.0 Å². The molecular formula is C15H19ClN2O2. The Balaban J connectivity index is 1.67. The van der Waals surface area contributed by atoms with Gasteiger partial charge in [-0.3, -0.25) is 0 Å². The maximum absolute atomic E-state index is 10.4. The lowest BCUT2D eigenvalue weighted by atomic mass is 9.97. The van der Waals surface area contributed by atoms with Crippen LogP contribution in [0.25, 0.3) is 10.9 Å². The van der Waals surface area contributed by atoms with Crippen molar-refractivity contribution in [2.45, 2.75) is 31.6 Å². The number of aliphatic hydroxyl groups is 1. The van der Waals surface area contributed by atoms with E-state index in [-0.39, 0.29) is 6.10 Å². The molecule has 0 saturated carbocycles. The molecule has 1 aliphatic heterocycles. The average molecular weight is 295 g/mol. The minimum Gasteiger partial charge on any atom is -0.386 e. The number of aromatic nitrogens is 1. The van der Waals surface area contributed by atoms with Gasteiger partial charge in [-0.1, -0.05) is 29.8 Å². The second kappa shape index (κ2) is 5.37. The van der Waals surface area contributed by atoms with E-state index in [1.54, 1.807) is 0 Å². The summed E-state index contributed by atoms with van der Waals surface area (Å²) in [4.78, 5) is 3.31. The molecule has 1 aromatic carbocycles. The van der Waals surface area contributed by atoms with Crippen LogP contribution in [0.5, 0.6) is 0 Å². The molecule has 108 valence electrons. The predicted octanol–water partition coefficient (Wildman–Crippen LogP) is 2.45. The Morgan fingerprint density at radius 3 is 3.00 bits per heavy atom. The standard InChI is InChI=1S/C15H19ClN2O2/c1-10-15(19,6-7-20-10)9-17-8-13-14(16)11-4-2-3-5-12(11)18-13/h2-5,10,17-19H,6-9H2,1H3. The molecule has 1 aliphatic rings. The molecule has 2 atom stereocenters. The molecule has 4 nitrogen and oxygen atoms in total. The van der Waals surface area contributed by atoms with Gasteiger partial charge in [0.15, 0.2) is 0 Å². The molecule has 1 aromatic heterocycles. The maximum atomic E-state index is 10.4. The fourth-order valence-electron chi connectivity index (χ4n) is 2.69. The third-order valence-corrected chi connectivity index (χ3v) is 4.54. The zero-order valence-electron chi connectivity index (χ0n) is 11.4. The number of aromatic amines is 1. The van der Waals surface area contributed by atoms with Crippen molar-refractivity contribution in [2.24, 2.45) is 0 Å². The fraction of sp³-hybridized carbons (Fsp3) is 0.467. The zero-order chi connectivity index (χ0) is 14.2. The fourth-order valence-corrected chi connectivity index (χ4v) is 2.97. The van der Waals surface area contributed by atoms with E-state index in [0.29, 0.717) is 26.1 Å². The van der Waals surface area contributed by atoms with Gasteiger partial charge in [-0.2, -0.15) is 0 Å². The van der Waals surface area contributed by atoms with Crippen LogP contribution in [-0.4, -0.2) is 34.9 Å². The van der Waals surface area contributed by atoms with E-state index in [2.05, 4.69) is 10.3 Å². The molecule has 5 heteroatoms. The van der Waals surface area contributed by atoms with Crippen LogP contribution in [-0.2, 0) is 11.3 Å². The summed E-state index contributed by atoms with van der Waals surface area (Å²) in [6.07, 6.45) is 0.537. The summed E-state index contributed by atoms with van der Waals surface area (Å²) in [6, 6.07) is 7.95. The number of hydrogen-bond acceptors (Lipinski definition) is 3. The largest absolute Gasteiger partial charge is 0.386 e. The van der Waals surface area contributed by atoms with Crippen molar-refractivity contribution in [3.63, 3.8) is 0 Å². The minimum atomic E-state index is -0.779. The summed E-state index contributed by atoms with van der Waals surface area (Å²) in [6.45, 7) is 3.62. The topological polar surface area (TPSA) is 57.3 Å². The second-order valence-corrected chi connectivity index (χ2v) is 5.81. The summed E-state index contributed by atoms with van der Waals surface area (Å²) >= 11 is 6.36. The Bertz CT molecular complexity index is 613. The van der Waals surface area contributed by atoms with Crippen molar-refractivity contribution in [1.82, 2.24) is 10.3 Å². The monoisotopic (exact) mass is 294 g/mol. The van der Waals surface area contributed by atoms with Gasteiger partial charge < -0.3 is 20.1 Å². The summed E-state index contributed by atoms with van der Waals surface area (Å²) in [5, 5.41) is 15.5. The summed E-state index contributed by atoms with van der Waals surface area (Å²) < 4.78 is 5.42. The van der Waals surface area contributed by atoms with Crippen molar-refractivity contribution in [1.29, 1.82) is 0 Å². The molecule has 0 amide bonds. The van der Waals surface area contributed by atoms with E-state index in [9.17, 15) is 5.11 Å². The van der Waals surface area contributed by atoms with Gasteiger partial charge in [-0.25, -0.2) is 0 Å². The Morgan fingerprint density at radius 2 is 2.30 bits per heavy atom. The molecule has 2 unspecified atom stereocenters. The minimum absolute atomic E-state index is 0.131. The third-order valence-electron chi connectivity index (χ3n) is 4.11. The Kier molecular flexibility index (Phi) is 3.73. The lowest BCUT2D eigenvalue weighted by Gasteiger charge is -2.26. The zero-order valence-corrected chi connectivity index (χ0v) is 12.2.